The average Bonchev–Trinajstić information content (AvgIpc) is 2.95. The Morgan fingerprint density at radius 3 is 2.43 bits per heavy atom. The van der Waals surface area contributed by atoms with Crippen LogP contribution in [0.4, 0.5) is 0 Å². The molecule has 0 saturated heterocycles. The molecule has 0 bridgehead atoms. The molecular formula is C15H18N2O5S. The molecule has 2 rings (SSSR count). The molecule has 0 saturated carbocycles. The third-order valence-electron chi connectivity index (χ3n) is 3.31. The summed E-state index contributed by atoms with van der Waals surface area (Å²) in [5, 5.41) is 0. The predicted molar refractivity (Wildman–Crippen MR) is 83.8 cm³/mol. The first-order valence-electron chi connectivity index (χ1n) is 6.74. The van der Waals surface area contributed by atoms with Crippen molar-refractivity contribution in [3.05, 3.63) is 47.8 Å². The largest absolute Gasteiger partial charge is 0.497 e. The summed E-state index contributed by atoms with van der Waals surface area (Å²) >= 11 is 0. The first-order valence-corrected chi connectivity index (χ1v) is 8.23. The van der Waals surface area contributed by atoms with Crippen LogP contribution >= 0.6 is 0 Å². The second-order valence-electron chi connectivity index (χ2n) is 4.84. The van der Waals surface area contributed by atoms with Crippen molar-refractivity contribution >= 4 is 16.0 Å². The van der Waals surface area contributed by atoms with Gasteiger partial charge < -0.3 is 14.0 Å². The van der Waals surface area contributed by atoms with E-state index >= 15 is 0 Å². The molecule has 1 N–H and O–H groups in total. The zero-order chi connectivity index (χ0) is 17.0. The number of ether oxygens (including phenoxy) is 2. The van der Waals surface area contributed by atoms with Gasteiger partial charge in [0.25, 0.3) is 0 Å². The fourth-order valence-electron chi connectivity index (χ4n) is 1.99. The minimum atomic E-state index is -3.73. The van der Waals surface area contributed by atoms with Crippen molar-refractivity contribution in [1.29, 1.82) is 0 Å². The molecule has 0 radical (unpaired) electrons. The van der Waals surface area contributed by atoms with Gasteiger partial charge in [-0.3, -0.25) is 0 Å². The fraction of sp³-hybridized carbons (Fsp3) is 0.267. The van der Waals surface area contributed by atoms with Gasteiger partial charge in [0.15, 0.2) is 0 Å². The van der Waals surface area contributed by atoms with Crippen molar-refractivity contribution < 1.29 is 22.7 Å². The SMILES string of the molecule is COC(=O)c1cc(S(=O)(=O)NCc2ccc(OC)cc2)cn1C. The van der Waals surface area contributed by atoms with Crippen LogP contribution in [0, 0.1) is 0 Å². The number of nitrogens with zero attached hydrogens (tertiary/aromatic N) is 1. The van der Waals surface area contributed by atoms with Crippen LogP contribution < -0.4 is 9.46 Å². The summed E-state index contributed by atoms with van der Waals surface area (Å²) < 4.78 is 38.2. The van der Waals surface area contributed by atoms with Crippen LogP contribution in [0.1, 0.15) is 16.1 Å². The number of methoxy groups -OCH3 is 2. The molecular weight excluding hydrogens is 320 g/mol. The summed E-state index contributed by atoms with van der Waals surface area (Å²) in [5.41, 5.74) is 0.954. The van der Waals surface area contributed by atoms with E-state index in [1.165, 1.54) is 23.9 Å². The van der Waals surface area contributed by atoms with Gasteiger partial charge in [0.2, 0.25) is 10.0 Å². The summed E-state index contributed by atoms with van der Waals surface area (Å²) in [5.74, 6) is 0.103. The van der Waals surface area contributed by atoms with Crippen molar-refractivity contribution in [2.75, 3.05) is 14.2 Å². The molecule has 0 aliphatic heterocycles. The highest BCUT2D eigenvalue weighted by Crippen LogP contribution is 2.16. The average molecular weight is 338 g/mol. The molecule has 0 spiro atoms. The Kier molecular flexibility index (Phi) is 5.07. The van der Waals surface area contributed by atoms with Crippen molar-refractivity contribution in [2.45, 2.75) is 11.4 Å². The van der Waals surface area contributed by atoms with Gasteiger partial charge >= 0.3 is 5.97 Å². The van der Waals surface area contributed by atoms with E-state index < -0.39 is 16.0 Å². The van der Waals surface area contributed by atoms with E-state index in [1.54, 1.807) is 38.4 Å². The maximum absolute atomic E-state index is 12.3. The number of aromatic nitrogens is 1. The lowest BCUT2D eigenvalue weighted by Gasteiger charge is -2.06. The van der Waals surface area contributed by atoms with Crippen LogP contribution in [0.3, 0.4) is 0 Å². The number of hydrogen-bond acceptors (Lipinski definition) is 5. The predicted octanol–water partition coefficient (Wildman–Crippen LogP) is 1.30. The summed E-state index contributed by atoms with van der Waals surface area (Å²) in [6.45, 7) is 0.134. The second kappa shape index (κ2) is 6.84. The third kappa shape index (κ3) is 3.91. The lowest BCUT2D eigenvalue weighted by atomic mass is 10.2. The molecule has 1 aromatic carbocycles. The van der Waals surface area contributed by atoms with Crippen molar-refractivity contribution in [2.24, 2.45) is 7.05 Å². The van der Waals surface area contributed by atoms with Gasteiger partial charge in [-0.15, -0.1) is 0 Å². The van der Waals surface area contributed by atoms with E-state index in [4.69, 9.17) is 4.74 Å². The molecule has 1 heterocycles. The minimum absolute atomic E-state index is 0.00825. The molecule has 0 fully saturated rings. The Balaban J connectivity index is 2.13. The third-order valence-corrected chi connectivity index (χ3v) is 4.68. The van der Waals surface area contributed by atoms with E-state index in [2.05, 4.69) is 9.46 Å². The highest BCUT2D eigenvalue weighted by Gasteiger charge is 2.20. The number of esters is 1. The molecule has 8 heteroatoms. The van der Waals surface area contributed by atoms with Crippen LogP contribution in [0.15, 0.2) is 41.4 Å². The van der Waals surface area contributed by atoms with E-state index in [9.17, 15) is 13.2 Å². The Hall–Kier alpha value is -2.32. The second-order valence-corrected chi connectivity index (χ2v) is 6.60. The summed E-state index contributed by atoms with van der Waals surface area (Å²) in [6, 6.07) is 8.32. The number of sulfonamides is 1. The number of nitrogens with one attached hydrogen (secondary N) is 1. The van der Waals surface area contributed by atoms with Crippen molar-refractivity contribution in [3.8, 4) is 5.75 Å². The number of aryl methyl sites for hydroxylation is 1. The van der Waals surface area contributed by atoms with Gasteiger partial charge in [0.05, 0.1) is 14.2 Å². The first kappa shape index (κ1) is 17.0. The Morgan fingerprint density at radius 2 is 1.87 bits per heavy atom. The lowest BCUT2D eigenvalue weighted by molar-refractivity contribution is 0.0590. The van der Waals surface area contributed by atoms with Gasteiger partial charge in [0.1, 0.15) is 16.3 Å². The standard InChI is InChI=1S/C15H18N2O5S/c1-17-10-13(8-14(17)15(18)22-3)23(19,20)16-9-11-4-6-12(21-2)7-5-11/h4-8,10,16H,9H2,1-3H3. The zero-order valence-corrected chi connectivity index (χ0v) is 13.9. The first-order chi connectivity index (χ1) is 10.9. The van der Waals surface area contributed by atoms with Gasteiger partial charge in [0, 0.05) is 19.8 Å². The highest BCUT2D eigenvalue weighted by molar-refractivity contribution is 7.89. The topological polar surface area (TPSA) is 86.6 Å². The number of hydrogen-bond donors (Lipinski definition) is 1. The normalized spacial score (nSPS) is 11.3. The molecule has 7 nitrogen and oxygen atoms in total. The highest BCUT2D eigenvalue weighted by atomic mass is 32.2. The van der Waals surface area contributed by atoms with Gasteiger partial charge in [-0.25, -0.2) is 17.9 Å². The van der Waals surface area contributed by atoms with Crippen LogP contribution in [0.2, 0.25) is 0 Å². The van der Waals surface area contributed by atoms with E-state index in [0.717, 1.165) is 5.56 Å². The quantitative estimate of drug-likeness (QED) is 0.802. The monoisotopic (exact) mass is 338 g/mol. The number of carbonyl (C=O) groups excluding carboxylic acids is 1. The molecule has 0 aliphatic carbocycles. The molecule has 23 heavy (non-hydrogen) atoms. The Bertz CT molecular complexity index is 794. The van der Waals surface area contributed by atoms with Crippen LogP contribution in [-0.2, 0) is 28.4 Å². The lowest BCUT2D eigenvalue weighted by Crippen LogP contribution is -2.22. The number of carbonyl (C=O) groups is 1. The Labute approximate surface area is 134 Å². The van der Waals surface area contributed by atoms with Gasteiger partial charge in [-0.05, 0) is 23.8 Å². The van der Waals surface area contributed by atoms with E-state index in [-0.39, 0.29) is 17.1 Å². The van der Waals surface area contributed by atoms with Crippen LogP contribution in [0.25, 0.3) is 0 Å². The smallest absolute Gasteiger partial charge is 0.354 e. The molecule has 0 amide bonds. The molecule has 0 aliphatic rings. The van der Waals surface area contributed by atoms with E-state index in [0.29, 0.717) is 5.75 Å². The summed E-state index contributed by atoms with van der Waals surface area (Å²) in [4.78, 5) is 11.6. The van der Waals surface area contributed by atoms with Crippen LogP contribution in [0.5, 0.6) is 5.75 Å². The molecule has 0 unspecified atom stereocenters. The number of benzene rings is 1. The maximum Gasteiger partial charge on any atom is 0.354 e. The molecule has 124 valence electrons. The molecule has 2 aromatic rings. The number of rotatable bonds is 6. The maximum atomic E-state index is 12.3. The van der Waals surface area contributed by atoms with Gasteiger partial charge in [-0.2, -0.15) is 0 Å². The molecule has 1 aromatic heterocycles. The van der Waals surface area contributed by atoms with Crippen LogP contribution in [-0.4, -0.2) is 33.2 Å². The van der Waals surface area contributed by atoms with Gasteiger partial charge in [-0.1, -0.05) is 12.1 Å². The van der Waals surface area contributed by atoms with Crippen molar-refractivity contribution in [1.82, 2.24) is 9.29 Å². The minimum Gasteiger partial charge on any atom is -0.497 e. The van der Waals surface area contributed by atoms with Crippen molar-refractivity contribution in [3.63, 3.8) is 0 Å². The molecule has 0 atom stereocenters. The van der Waals surface area contributed by atoms with E-state index in [1.807, 2.05) is 0 Å². The Morgan fingerprint density at radius 1 is 1.22 bits per heavy atom. The fourth-order valence-corrected chi connectivity index (χ4v) is 3.08. The summed E-state index contributed by atoms with van der Waals surface area (Å²) in [6.07, 6.45) is 1.36. The zero-order valence-electron chi connectivity index (χ0n) is 13.1. The summed E-state index contributed by atoms with van der Waals surface area (Å²) in [7, 11) is 0.654.